The number of hydrogen-bond donors (Lipinski definition) is 1. The van der Waals surface area contributed by atoms with Gasteiger partial charge in [0.05, 0.1) is 30.8 Å². The summed E-state index contributed by atoms with van der Waals surface area (Å²) in [7, 11) is -1.36. The fourth-order valence-electron chi connectivity index (χ4n) is 1.95. The molecule has 0 aliphatic heterocycles. The Morgan fingerprint density at radius 3 is 2.12 bits per heavy atom. The van der Waals surface area contributed by atoms with Crippen molar-refractivity contribution in [2.24, 2.45) is 0 Å². The number of carbonyl (C=O) groups excluding carboxylic acids is 1. The smallest absolute Gasteiger partial charge is 0.261 e. The van der Waals surface area contributed by atoms with Crippen LogP contribution in [0.4, 0.5) is 5.69 Å². The minimum absolute atomic E-state index is 0.0778. The number of halogens is 1. The molecule has 0 heterocycles. The van der Waals surface area contributed by atoms with Gasteiger partial charge >= 0.3 is 0 Å². The van der Waals surface area contributed by atoms with Gasteiger partial charge < -0.3 is 19.4 Å². The van der Waals surface area contributed by atoms with Crippen molar-refractivity contribution in [3.8, 4) is 11.5 Å². The molecule has 9 heteroatoms. The van der Waals surface area contributed by atoms with Gasteiger partial charge in [-0.25, -0.2) is 8.42 Å². The molecule has 0 amide bonds. The molecule has 128 valence electrons. The first-order chi connectivity index (χ1) is 11.3. The van der Waals surface area contributed by atoms with Crippen LogP contribution in [0.3, 0.4) is 0 Å². The molecule has 2 aromatic carbocycles. The number of carboxylic acid groups (broad SMARTS) is 1. The summed E-state index contributed by atoms with van der Waals surface area (Å²) in [6, 6.07) is 7.73. The largest absolute Gasteiger partial charge is 0.545 e. The summed E-state index contributed by atoms with van der Waals surface area (Å²) in [6.45, 7) is 0. The normalized spacial score (nSPS) is 11.0. The van der Waals surface area contributed by atoms with Crippen LogP contribution in [-0.2, 0) is 10.0 Å². The van der Waals surface area contributed by atoms with Gasteiger partial charge in [-0.3, -0.25) is 4.72 Å². The van der Waals surface area contributed by atoms with Crippen molar-refractivity contribution in [3.63, 3.8) is 0 Å². The zero-order valence-electron chi connectivity index (χ0n) is 12.7. The molecule has 2 rings (SSSR count). The van der Waals surface area contributed by atoms with Crippen molar-refractivity contribution < 1.29 is 27.8 Å². The molecule has 0 bridgehead atoms. The number of aromatic carboxylic acids is 1. The summed E-state index contributed by atoms with van der Waals surface area (Å²) >= 11 is 5.73. The highest BCUT2D eigenvalue weighted by Crippen LogP contribution is 2.34. The highest BCUT2D eigenvalue weighted by Gasteiger charge is 2.19. The third-order valence-corrected chi connectivity index (χ3v) is 4.75. The van der Waals surface area contributed by atoms with Crippen LogP contribution in [0.25, 0.3) is 0 Å². The number of hydrogen-bond acceptors (Lipinski definition) is 6. The monoisotopic (exact) mass is 370 g/mol. The zero-order chi connectivity index (χ0) is 17.9. The zero-order valence-corrected chi connectivity index (χ0v) is 14.3. The maximum Gasteiger partial charge on any atom is 0.261 e. The van der Waals surface area contributed by atoms with Gasteiger partial charge in [-0.05, 0) is 30.3 Å². The van der Waals surface area contributed by atoms with Crippen LogP contribution < -0.4 is 19.3 Å². The predicted octanol–water partition coefficient (Wildman–Crippen LogP) is 1.52. The van der Waals surface area contributed by atoms with E-state index in [1.54, 1.807) is 0 Å². The Labute approximate surface area is 143 Å². The topological polar surface area (TPSA) is 105 Å². The quantitative estimate of drug-likeness (QED) is 0.826. The number of ether oxygens (including phenoxy) is 2. The molecule has 0 saturated carbocycles. The van der Waals surface area contributed by atoms with Crippen molar-refractivity contribution in [2.45, 2.75) is 4.90 Å². The van der Waals surface area contributed by atoms with E-state index in [4.69, 9.17) is 21.1 Å². The summed E-state index contributed by atoms with van der Waals surface area (Å²) < 4.78 is 37.1. The van der Waals surface area contributed by atoms with E-state index in [0.29, 0.717) is 5.02 Å². The lowest BCUT2D eigenvalue weighted by Crippen LogP contribution is -2.25. The summed E-state index contributed by atoms with van der Waals surface area (Å²) in [5.74, 6) is -1.27. The van der Waals surface area contributed by atoms with Crippen LogP contribution in [0, 0.1) is 0 Å². The summed E-state index contributed by atoms with van der Waals surface area (Å²) in [6.07, 6.45) is 0. The van der Waals surface area contributed by atoms with Gasteiger partial charge in [0.15, 0.2) is 11.5 Å². The Morgan fingerprint density at radius 1 is 1.08 bits per heavy atom. The van der Waals surface area contributed by atoms with Crippen molar-refractivity contribution in [3.05, 3.63) is 47.0 Å². The standard InChI is InChI=1S/C15H14ClNO6S/c1-22-13-7-11(15(18)19)12(8-14(13)23-2)17-24(20,21)10-5-3-9(16)4-6-10/h3-8,17H,1-2H3,(H,18,19)/p-1. The highest BCUT2D eigenvalue weighted by atomic mass is 35.5. The number of anilines is 1. The number of carboxylic acids is 1. The lowest BCUT2D eigenvalue weighted by molar-refractivity contribution is -0.254. The molecule has 0 atom stereocenters. The molecule has 7 nitrogen and oxygen atoms in total. The van der Waals surface area contributed by atoms with E-state index in [9.17, 15) is 18.3 Å². The van der Waals surface area contributed by atoms with Crippen LogP contribution >= 0.6 is 11.6 Å². The first kappa shape index (κ1) is 17.9. The van der Waals surface area contributed by atoms with Crippen molar-refractivity contribution in [1.82, 2.24) is 0 Å². The Hall–Kier alpha value is -2.45. The molecule has 0 unspecified atom stereocenters. The molecule has 24 heavy (non-hydrogen) atoms. The summed E-state index contributed by atoms with van der Waals surface area (Å²) in [4.78, 5) is 11.2. The molecule has 0 aliphatic rings. The fraction of sp³-hybridized carbons (Fsp3) is 0.133. The van der Waals surface area contributed by atoms with E-state index >= 15 is 0 Å². The van der Waals surface area contributed by atoms with Gasteiger partial charge in [0.1, 0.15) is 0 Å². The van der Waals surface area contributed by atoms with Gasteiger partial charge in [0, 0.05) is 16.7 Å². The van der Waals surface area contributed by atoms with Crippen LogP contribution in [0.5, 0.6) is 11.5 Å². The van der Waals surface area contributed by atoms with Gasteiger partial charge in [0.25, 0.3) is 10.0 Å². The Balaban J connectivity index is 2.51. The molecule has 0 fully saturated rings. The molecule has 0 aliphatic carbocycles. The maximum atomic E-state index is 12.4. The van der Waals surface area contributed by atoms with Crippen LogP contribution in [-0.4, -0.2) is 28.6 Å². The van der Waals surface area contributed by atoms with E-state index < -0.39 is 16.0 Å². The number of benzene rings is 2. The number of methoxy groups -OCH3 is 2. The van der Waals surface area contributed by atoms with Crippen molar-refractivity contribution in [2.75, 3.05) is 18.9 Å². The number of nitrogens with one attached hydrogen (secondary N) is 1. The molecule has 1 N–H and O–H groups in total. The van der Waals surface area contributed by atoms with Gasteiger partial charge in [-0.2, -0.15) is 0 Å². The molecule has 0 aromatic heterocycles. The second-order valence-corrected chi connectivity index (χ2v) is 6.72. The maximum absolute atomic E-state index is 12.4. The highest BCUT2D eigenvalue weighted by molar-refractivity contribution is 7.92. The minimum Gasteiger partial charge on any atom is -0.545 e. The Kier molecular flexibility index (Phi) is 5.20. The lowest BCUT2D eigenvalue weighted by atomic mass is 10.1. The molecule has 2 aromatic rings. The molecule has 0 radical (unpaired) electrons. The molecule has 0 spiro atoms. The number of sulfonamides is 1. The first-order valence-corrected chi connectivity index (χ1v) is 8.40. The van der Waals surface area contributed by atoms with E-state index in [2.05, 4.69) is 4.72 Å². The predicted molar refractivity (Wildman–Crippen MR) is 86.1 cm³/mol. The van der Waals surface area contributed by atoms with Crippen LogP contribution in [0.2, 0.25) is 5.02 Å². The SMILES string of the molecule is COc1cc(NS(=O)(=O)c2ccc(Cl)cc2)c(C(=O)[O-])cc1OC. The number of carbonyl (C=O) groups is 1. The molecular formula is C15H13ClNO6S-. The Bertz CT molecular complexity index is 864. The van der Waals surface area contributed by atoms with E-state index in [1.807, 2.05) is 0 Å². The van der Waals surface area contributed by atoms with E-state index in [0.717, 1.165) is 6.07 Å². The third kappa shape index (κ3) is 3.72. The third-order valence-electron chi connectivity index (χ3n) is 3.11. The lowest BCUT2D eigenvalue weighted by Gasteiger charge is -2.17. The summed E-state index contributed by atoms with van der Waals surface area (Å²) in [5.41, 5.74) is -0.590. The minimum atomic E-state index is -4.03. The van der Waals surface area contributed by atoms with Gasteiger partial charge in [-0.15, -0.1) is 0 Å². The van der Waals surface area contributed by atoms with Crippen LogP contribution in [0.15, 0.2) is 41.3 Å². The van der Waals surface area contributed by atoms with Crippen molar-refractivity contribution >= 4 is 33.3 Å². The average molecular weight is 371 g/mol. The Morgan fingerprint density at radius 2 is 1.62 bits per heavy atom. The fourth-order valence-corrected chi connectivity index (χ4v) is 3.15. The van der Waals surface area contributed by atoms with Crippen LogP contribution in [0.1, 0.15) is 10.4 Å². The number of rotatable bonds is 6. The summed E-state index contributed by atoms with van der Waals surface area (Å²) in [5, 5.41) is 11.7. The first-order valence-electron chi connectivity index (χ1n) is 6.54. The van der Waals surface area contributed by atoms with Gasteiger partial charge in [-0.1, -0.05) is 11.6 Å². The molecule has 0 saturated heterocycles. The second kappa shape index (κ2) is 6.98. The second-order valence-electron chi connectivity index (χ2n) is 4.60. The van der Waals surface area contributed by atoms with Crippen molar-refractivity contribution in [1.29, 1.82) is 0 Å². The van der Waals surface area contributed by atoms with Gasteiger partial charge in [0.2, 0.25) is 0 Å². The average Bonchev–Trinajstić information content (AvgIpc) is 2.54. The molecular weight excluding hydrogens is 358 g/mol. The van der Waals surface area contributed by atoms with E-state index in [1.165, 1.54) is 44.6 Å². The van der Waals surface area contributed by atoms with E-state index in [-0.39, 0.29) is 27.6 Å².